The van der Waals surface area contributed by atoms with Gasteiger partial charge in [0, 0.05) is 25.7 Å². The van der Waals surface area contributed by atoms with Crippen LogP contribution in [0.4, 0.5) is 4.79 Å². The van der Waals surface area contributed by atoms with Gasteiger partial charge in [-0.05, 0) is 6.42 Å². The van der Waals surface area contributed by atoms with E-state index in [9.17, 15) is 4.79 Å². The Morgan fingerprint density at radius 1 is 1.59 bits per heavy atom. The summed E-state index contributed by atoms with van der Waals surface area (Å²) in [6.07, 6.45) is 7.14. The van der Waals surface area contributed by atoms with Crippen molar-refractivity contribution in [3.63, 3.8) is 0 Å². The van der Waals surface area contributed by atoms with E-state index in [1.807, 2.05) is 0 Å². The van der Waals surface area contributed by atoms with Crippen LogP contribution in [-0.2, 0) is 4.84 Å². The highest BCUT2D eigenvalue weighted by atomic mass is 16.6. The van der Waals surface area contributed by atoms with Crippen LogP contribution in [0.3, 0.4) is 0 Å². The van der Waals surface area contributed by atoms with Crippen molar-refractivity contribution in [1.29, 1.82) is 0 Å². The van der Waals surface area contributed by atoms with Crippen LogP contribution >= 0.6 is 0 Å². The van der Waals surface area contributed by atoms with Crippen molar-refractivity contribution in [2.24, 2.45) is 4.99 Å². The van der Waals surface area contributed by atoms with E-state index in [2.05, 4.69) is 17.4 Å². The van der Waals surface area contributed by atoms with E-state index in [0.29, 0.717) is 6.54 Å². The van der Waals surface area contributed by atoms with Crippen molar-refractivity contribution in [3.05, 3.63) is 12.4 Å². The lowest BCUT2D eigenvalue weighted by atomic mass is 10.3. The highest BCUT2D eigenvalue weighted by Gasteiger charge is 2.06. The molecule has 0 aromatic rings. The number of unbranched alkanes of at least 4 members (excludes halogenated alkanes) is 2. The van der Waals surface area contributed by atoms with Crippen LogP contribution < -0.4 is 5.48 Å². The predicted molar refractivity (Wildman–Crippen MR) is 66.9 cm³/mol. The molecule has 1 aliphatic heterocycles. The fraction of sp³-hybridized carbons (Fsp3) is 0.636. The van der Waals surface area contributed by atoms with Gasteiger partial charge in [0.1, 0.15) is 0 Å². The topological polar surface area (TPSA) is 74.2 Å². The molecule has 0 atom stereocenters. The second kappa shape index (κ2) is 11.1. The lowest BCUT2D eigenvalue weighted by Crippen LogP contribution is -2.26. The standard InChI is InChI=1S/C6H15NO.C5H6N2O2/c1-3-4-5-6-8-7-2;8-5(9)7-3-1-6-2-4-7/h7H,3-6H2,1-2H3;1-3H,4H2,(H,8,9). The Labute approximate surface area is 102 Å². The number of carbonyl (C=O) groups is 1. The largest absolute Gasteiger partial charge is 0.465 e. The van der Waals surface area contributed by atoms with Crippen molar-refractivity contribution >= 4 is 12.3 Å². The molecule has 98 valence electrons. The molecule has 6 heteroatoms. The van der Waals surface area contributed by atoms with E-state index in [4.69, 9.17) is 9.94 Å². The van der Waals surface area contributed by atoms with Gasteiger partial charge >= 0.3 is 6.09 Å². The van der Waals surface area contributed by atoms with Crippen LogP contribution in [0.2, 0.25) is 0 Å². The quantitative estimate of drug-likeness (QED) is 0.571. The minimum absolute atomic E-state index is 0.353. The summed E-state index contributed by atoms with van der Waals surface area (Å²) < 4.78 is 0. The SMILES string of the molecule is CCCCCONC.O=C(O)N1C=CN=CC1. The number of hydrogen-bond acceptors (Lipinski definition) is 4. The first kappa shape index (κ1) is 15.6. The van der Waals surface area contributed by atoms with Crippen molar-refractivity contribution in [1.82, 2.24) is 10.4 Å². The molecule has 0 saturated heterocycles. The van der Waals surface area contributed by atoms with Crippen LogP contribution in [0.15, 0.2) is 17.4 Å². The summed E-state index contributed by atoms with van der Waals surface area (Å²) in [7, 11) is 1.78. The summed E-state index contributed by atoms with van der Waals surface area (Å²) in [5.41, 5.74) is 2.63. The summed E-state index contributed by atoms with van der Waals surface area (Å²) >= 11 is 0. The molecule has 0 radical (unpaired) electrons. The maximum atomic E-state index is 10.2. The normalized spacial score (nSPS) is 13.2. The van der Waals surface area contributed by atoms with Gasteiger partial charge in [-0.2, -0.15) is 0 Å². The molecular weight excluding hydrogens is 222 g/mol. The molecule has 2 N–H and O–H groups in total. The Hall–Kier alpha value is -1.40. The van der Waals surface area contributed by atoms with Crippen LogP contribution in [0, 0.1) is 0 Å². The van der Waals surface area contributed by atoms with Crippen molar-refractivity contribution in [3.8, 4) is 0 Å². The predicted octanol–water partition coefficient (Wildman–Crippen LogP) is 1.85. The van der Waals surface area contributed by atoms with Gasteiger partial charge < -0.3 is 9.94 Å². The van der Waals surface area contributed by atoms with Crippen LogP contribution in [0.25, 0.3) is 0 Å². The van der Waals surface area contributed by atoms with E-state index >= 15 is 0 Å². The molecule has 0 fully saturated rings. The van der Waals surface area contributed by atoms with Gasteiger partial charge in [-0.15, -0.1) is 0 Å². The van der Waals surface area contributed by atoms with E-state index in [-0.39, 0.29) is 0 Å². The highest BCUT2D eigenvalue weighted by Crippen LogP contribution is 1.93. The van der Waals surface area contributed by atoms with Crippen LogP contribution in [0.5, 0.6) is 0 Å². The van der Waals surface area contributed by atoms with Crippen molar-refractivity contribution in [2.45, 2.75) is 26.2 Å². The molecule has 6 nitrogen and oxygen atoms in total. The number of amides is 1. The van der Waals surface area contributed by atoms with E-state index in [1.54, 1.807) is 7.05 Å². The fourth-order valence-electron chi connectivity index (χ4n) is 1.04. The highest BCUT2D eigenvalue weighted by molar-refractivity contribution is 5.73. The zero-order valence-electron chi connectivity index (χ0n) is 10.4. The lowest BCUT2D eigenvalue weighted by Gasteiger charge is -2.11. The number of aliphatic imine (C=N–C) groups is 1. The van der Waals surface area contributed by atoms with Gasteiger partial charge in [-0.1, -0.05) is 19.8 Å². The Morgan fingerprint density at radius 2 is 2.35 bits per heavy atom. The summed E-state index contributed by atoms with van der Waals surface area (Å²) in [6.45, 7) is 3.37. The Bertz CT molecular complexity index is 248. The minimum Gasteiger partial charge on any atom is -0.465 e. The third kappa shape index (κ3) is 9.52. The summed E-state index contributed by atoms with van der Waals surface area (Å²) in [6, 6.07) is 0. The van der Waals surface area contributed by atoms with Crippen molar-refractivity contribution < 1.29 is 14.7 Å². The zero-order chi connectivity index (χ0) is 12.9. The summed E-state index contributed by atoms with van der Waals surface area (Å²) in [5.74, 6) is 0. The van der Waals surface area contributed by atoms with Gasteiger partial charge in [0.2, 0.25) is 0 Å². The molecule has 0 aromatic heterocycles. The molecule has 0 unspecified atom stereocenters. The second-order valence-electron chi connectivity index (χ2n) is 3.32. The molecule has 0 aliphatic carbocycles. The summed E-state index contributed by atoms with van der Waals surface area (Å²) in [5, 5.41) is 8.35. The number of hydroxylamine groups is 1. The number of nitrogens with zero attached hydrogens (tertiary/aromatic N) is 2. The smallest absolute Gasteiger partial charge is 0.411 e. The molecule has 1 amide bonds. The van der Waals surface area contributed by atoms with E-state index in [1.165, 1.54) is 31.5 Å². The van der Waals surface area contributed by atoms with Gasteiger partial charge in [0.25, 0.3) is 0 Å². The molecule has 0 saturated carbocycles. The molecule has 0 aromatic carbocycles. The molecule has 0 spiro atoms. The number of nitrogens with one attached hydrogen (secondary N) is 1. The maximum absolute atomic E-state index is 10.2. The number of rotatable bonds is 5. The third-order valence-corrected chi connectivity index (χ3v) is 1.96. The zero-order valence-corrected chi connectivity index (χ0v) is 10.4. The Kier molecular flexibility index (Phi) is 10.2. The minimum atomic E-state index is -0.947. The third-order valence-electron chi connectivity index (χ3n) is 1.96. The first-order valence-corrected chi connectivity index (χ1v) is 5.68. The van der Waals surface area contributed by atoms with E-state index in [0.717, 1.165) is 17.9 Å². The number of hydrogen-bond donors (Lipinski definition) is 2. The van der Waals surface area contributed by atoms with Crippen LogP contribution in [0.1, 0.15) is 26.2 Å². The Balaban J connectivity index is 0.000000304. The maximum Gasteiger partial charge on any atom is 0.411 e. The number of carboxylic acid groups (broad SMARTS) is 1. The lowest BCUT2D eigenvalue weighted by molar-refractivity contribution is 0.0552. The molecule has 17 heavy (non-hydrogen) atoms. The molecule has 0 bridgehead atoms. The first-order valence-electron chi connectivity index (χ1n) is 5.68. The van der Waals surface area contributed by atoms with Crippen LogP contribution in [-0.4, -0.2) is 42.5 Å². The Morgan fingerprint density at radius 3 is 2.76 bits per heavy atom. The van der Waals surface area contributed by atoms with E-state index < -0.39 is 6.09 Å². The molecule has 1 heterocycles. The van der Waals surface area contributed by atoms with Gasteiger partial charge in [0.05, 0.1) is 13.2 Å². The molecule has 1 rings (SSSR count). The van der Waals surface area contributed by atoms with Gasteiger partial charge in [0.15, 0.2) is 0 Å². The van der Waals surface area contributed by atoms with Crippen molar-refractivity contribution in [2.75, 3.05) is 20.2 Å². The fourth-order valence-corrected chi connectivity index (χ4v) is 1.04. The first-order chi connectivity index (χ1) is 8.22. The second-order valence-corrected chi connectivity index (χ2v) is 3.32. The monoisotopic (exact) mass is 243 g/mol. The molecule has 1 aliphatic rings. The van der Waals surface area contributed by atoms with Gasteiger partial charge in [-0.3, -0.25) is 9.89 Å². The molecular formula is C11H21N3O3. The summed E-state index contributed by atoms with van der Waals surface area (Å²) in [4.78, 5) is 19.9. The average molecular weight is 243 g/mol. The van der Waals surface area contributed by atoms with Gasteiger partial charge in [-0.25, -0.2) is 10.3 Å². The average Bonchev–Trinajstić information content (AvgIpc) is 2.37.